The van der Waals surface area contributed by atoms with Crippen LogP contribution in [0.5, 0.6) is 0 Å². The number of esters is 2. The van der Waals surface area contributed by atoms with E-state index in [0.717, 1.165) is 12.8 Å². The highest BCUT2D eigenvalue weighted by Gasteiger charge is 2.76. The highest BCUT2D eigenvalue weighted by Crippen LogP contribution is 2.67. The van der Waals surface area contributed by atoms with Crippen molar-refractivity contribution in [2.75, 3.05) is 14.2 Å². The lowest BCUT2D eigenvalue weighted by atomic mass is 9.94. The molecule has 0 radical (unpaired) electrons. The van der Waals surface area contributed by atoms with Crippen molar-refractivity contribution < 1.29 is 19.1 Å². The SMILES string of the molecule is COC(=O)C1(C(=O)OC)C2CC(C)=C(C)CC21. The van der Waals surface area contributed by atoms with E-state index >= 15 is 0 Å². The third-order valence-electron chi connectivity index (χ3n) is 4.37. The normalized spacial score (nSPS) is 29.4. The standard InChI is InChI=1S/C13H18O4/c1-7-5-9-10(6-8(7)2)13(9,11(14)16-3)12(15)17-4/h9-10H,5-6H2,1-4H3. The van der Waals surface area contributed by atoms with Crippen molar-refractivity contribution in [3.8, 4) is 0 Å². The maximum atomic E-state index is 11.9. The number of methoxy groups -OCH3 is 2. The fourth-order valence-corrected chi connectivity index (χ4v) is 3.18. The number of ether oxygens (including phenoxy) is 2. The fourth-order valence-electron chi connectivity index (χ4n) is 3.18. The summed E-state index contributed by atoms with van der Waals surface area (Å²) < 4.78 is 9.61. The van der Waals surface area contributed by atoms with E-state index in [1.54, 1.807) is 0 Å². The van der Waals surface area contributed by atoms with Crippen molar-refractivity contribution in [1.29, 1.82) is 0 Å². The molecule has 0 spiro atoms. The zero-order chi connectivity index (χ0) is 12.8. The summed E-state index contributed by atoms with van der Waals surface area (Å²) in [6.07, 6.45) is 1.58. The first-order valence-electron chi connectivity index (χ1n) is 5.82. The van der Waals surface area contributed by atoms with Crippen LogP contribution < -0.4 is 0 Å². The van der Waals surface area contributed by atoms with Gasteiger partial charge in [-0.1, -0.05) is 11.1 Å². The Labute approximate surface area is 101 Å². The number of allylic oxidation sites excluding steroid dienone is 2. The van der Waals surface area contributed by atoms with Crippen molar-refractivity contribution in [2.24, 2.45) is 17.3 Å². The van der Waals surface area contributed by atoms with Crippen LogP contribution in [0.2, 0.25) is 0 Å². The molecule has 4 heteroatoms. The van der Waals surface area contributed by atoms with Crippen molar-refractivity contribution in [2.45, 2.75) is 26.7 Å². The number of hydrogen-bond donors (Lipinski definition) is 0. The van der Waals surface area contributed by atoms with E-state index in [-0.39, 0.29) is 11.8 Å². The second kappa shape index (κ2) is 3.86. The zero-order valence-electron chi connectivity index (χ0n) is 10.7. The van der Waals surface area contributed by atoms with Crippen LogP contribution in [0.4, 0.5) is 0 Å². The van der Waals surface area contributed by atoms with E-state index in [4.69, 9.17) is 9.47 Å². The van der Waals surface area contributed by atoms with Crippen LogP contribution in [0.1, 0.15) is 26.7 Å². The van der Waals surface area contributed by atoms with E-state index in [0.29, 0.717) is 0 Å². The van der Waals surface area contributed by atoms with Gasteiger partial charge in [0.05, 0.1) is 14.2 Å². The minimum absolute atomic E-state index is 0.0612. The van der Waals surface area contributed by atoms with Crippen LogP contribution in [-0.2, 0) is 19.1 Å². The van der Waals surface area contributed by atoms with E-state index in [1.807, 2.05) is 0 Å². The average Bonchev–Trinajstić information content (AvgIpc) is 2.96. The van der Waals surface area contributed by atoms with Crippen molar-refractivity contribution >= 4 is 11.9 Å². The predicted molar refractivity (Wildman–Crippen MR) is 61.1 cm³/mol. The molecule has 17 heavy (non-hydrogen) atoms. The van der Waals surface area contributed by atoms with Gasteiger partial charge in [0, 0.05) is 0 Å². The van der Waals surface area contributed by atoms with Crippen LogP contribution >= 0.6 is 0 Å². The van der Waals surface area contributed by atoms with E-state index < -0.39 is 17.4 Å². The summed E-state index contributed by atoms with van der Waals surface area (Å²) in [5.74, 6) is -0.763. The van der Waals surface area contributed by atoms with Gasteiger partial charge in [0.25, 0.3) is 0 Å². The van der Waals surface area contributed by atoms with E-state index in [9.17, 15) is 9.59 Å². The van der Waals surface area contributed by atoms with Crippen molar-refractivity contribution in [3.05, 3.63) is 11.1 Å². The van der Waals surface area contributed by atoms with Gasteiger partial charge in [0.2, 0.25) is 0 Å². The molecule has 2 aliphatic rings. The summed E-state index contributed by atoms with van der Waals surface area (Å²) in [7, 11) is 2.65. The van der Waals surface area contributed by atoms with Crippen LogP contribution in [-0.4, -0.2) is 26.2 Å². The Bertz CT molecular complexity index is 370. The number of rotatable bonds is 2. The molecule has 2 aliphatic carbocycles. The lowest BCUT2D eigenvalue weighted by Crippen LogP contribution is -2.31. The molecule has 94 valence electrons. The summed E-state index contributed by atoms with van der Waals surface area (Å²) in [6, 6.07) is 0. The van der Waals surface area contributed by atoms with Crippen molar-refractivity contribution in [3.63, 3.8) is 0 Å². The van der Waals surface area contributed by atoms with Gasteiger partial charge in [-0.2, -0.15) is 0 Å². The zero-order valence-corrected chi connectivity index (χ0v) is 10.7. The minimum Gasteiger partial charge on any atom is -0.468 e. The number of carbonyl (C=O) groups is 2. The molecular formula is C13H18O4. The van der Waals surface area contributed by atoms with Crippen LogP contribution in [0, 0.1) is 17.3 Å². The van der Waals surface area contributed by atoms with Gasteiger partial charge < -0.3 is 9.47 Å². The Hall–Kier alpha value is -1.32. The third kappa shape index (κ3) is 1.43. The molecule has 0 N–H and O–H groups in total. The first-order chi connectivity index (χ1) is 7.99. The Morgan fingerprint density at radius 2 is 1.35 bits per heavy atom. The summed E-state index contributed by atoms with van der Waals surface area (Å²) in [6.45, 7) is 4.12. The predicted octanol–water partition coefficient (Wildman–Crippen LogP) is 1.69. The van der Waals surface area contributed by atoms with E-state index in [1.165, 1.54) is 25.4 Å². The van der Waals surface area contributed by atoms with Crippen molar-refractivity contribution in [1.82, 2.24) is 0 Å². The van der Waals surface area contributed by atoms with Crippen LogP contribution in [0.15, 0.2) is 11.1 Å². The molecule has 2 atom stereocenters. The van der Waals surface area contributed by atoms with Gasteiger partial charge in [-0.3, -0.25) is 9.59 Å². The second-order valence-corrected chi connectivity index (χ2v) is 5.03. The van der Waals surface area contributed by atoms with Crippen LogP contribution in [0.25, 0.3) is 0 Å². The summed E-state index contributed by atoms with van der Waals surface area (Å²) in [4.78, 5) is 23.9. The quantitative estimate of drug-likeness (QED) is 0.417. The second-order valence-electron chi connectivity index (χ2n) is 5.03. The monoisotopic (exact) mass is 238 g/mol. The average molecular weight is 238 g/mol. The first kappa shape index (κ1) is 12.1. The maximum absolute atomic E-state index is 11.9. The molecule has 2 rings (SSSR count). The topological polar surface area (TPSA) is 52.6 Å². The number of fused-ring (bicyclic) bond motifs is 1. The highest BCUT2D eigenvalue weighted by atomic mass is 16.5. The van der Waals surface area contributed by atoms with Gasteiger partial charge >= 0.3 is 11.9 Å². The van der Waals surface area contributed by atoms with Gasteiger partial charge in [0.1, 0.15) is 0 Å². The molecule has 4 nitrogen and oxygen atoms in total. The fraction of sp³-hybridized carbons (Fsp3) is 0.692. The molecule has 0 bridgehead atoms. The Kier molecular flexibility index (Phi) is 2.76. The molecule has 0 saturated heterocycles. The minimum atomic E-state index is -1.04. The number of hydrogen-bond acceptors (Lipinski definition) is 4. The lowest BCUT2D eigenvalue weighted by Gasteiger charge is -2.12. The molecule has 1 saturated carbocycles. The molecule has 0 amide bonds. The largest absolute Gasteiger partial charge is 0.468 e. The Balaban J connectivity index is 2.31. The molecule has 0 heterocycles. The Morgan fingerprint density at radius 1 is 1.00 bits per heavy atom. The Morgan fingerprint density at radius 3 is 1.65 bits per heavy atom. The smallest absolute Gasteiger partial charge is 0.323 e. The van der Waals surface area contributed by atoms with Gasteiger partial charge in [-0.05, 0) is 38.5 Å². The number of carbonyl (C=O) groups excluding carboxylic acids is 2. The van der Waals surface area contributed by atoms with Gasteiger partial charge in [0.15, 0.2) is 5.41 Å². The third-order valence-corrected chi connectivity index (χ3v) is 4.37. The molecule has 2 unspecified atom stereocenters. The first-order valence-corrected chi connectivity index (χ1v) is 5.82. The lowest BCUT2D eigenvalue weighted by molar-refractivity contribution is -0.162. The molecule has 1 fully saturated rings. The van der Waals surface area contributed by atoms with Gasteiger partial charge in [-0.25, -0.2) is 0 Å². The summed E-state index contributed by atoms with van der Waals surface area (Å²) >= 11 is 0. The highest BCUT2D eigenvalue weighted by molar-refractivity contribution is 6.04. The molecule has 0 aromatic heterocycles. The van der Waals surface area contributed by atoms with E-state index in [2.05, 4.69) is 13.8 Å². The summed E-state index contributed by atoms with van der Waals surface area (Å²) in [5, 5.41) is 0. The molecular weight excluding hydrogens is 220 g/mol. The molecule has 0 aromatic rings. The molecule has 0 aliphatic heterocycles. The summed E-state index contributed by atoms with van der Waals surface area (Å²) in [5.41, 5.74) is 1.52. The van der Waals surface area contributed by atoms with Crippen LogP contribution in [0.3, 0.4) is 0 Å². The maximum Gasteiger partial charge on any atom is 0.323 e. The van der Waals surface area contributed by atoms with Gasteiger partial charge in [-0.15, -0.1) is 0 Å². The molecule has 0 aromatic carbocycles.